The molecule has 1 heterocycles. The Morgan fingerprint density at radius 2 is 2.40 bits per heavy atom. The van der Waals surface area contributed by atoms with Crippen molar-refractivity contribution in [3.8, 4) is 0 Å². The van der Waals surface area contributed by atoms with Gasteiger partial charge in [-0.15, -0.1) is 11.3 Å². The Kier molecular flexibility index (Phi) is 4.23. The number of amides is 1. The molecule has 2 N–H and O–H groups in total. The smallest absolute Gasteiger partial charge is 0.306 e. The van der Waals surface area contributed by atoms with Gasteiger partial charge in [0.2, 0.25) is 5.91 Å². The van der Waals surface area contributed by atoms with Crippen molar-refractivity contribution < 1.29 is 14.7 Å². The van der Waals surface area contributed by atoms with E-state index < -0.39 is 11.9 Å². The molecule has 1 amide bonds. The molecule has 82 valence electrons. The van der Waals surface area contributed by atoms with Gasteiger partial charge in [-0.2, -0.15) is 0 Å². The van der Waals surface area contributed by atoms with Gasteiger partial charge >= 0.3 is 5.97 Å². The highest BCUT2D eigenvalue weighted by Crippen LogP contribution is 2.12. The van der Waals surface area contributed by atoms with Crippen molar-refractivity contribution in [1.82, 2.24) is 4.98 Å². The third kappa shape index (κ3) is 4.07. The van der Waals surface area contributed by atoms with Gasteiger partial charge in [0.15, 0.2) is 5.13 Å². The standard InChI is InChI=1S/C9H12N2O3S/c1-6(8(13)14)2-3-7(12)11-9-10-4-5-15-9/h4-6H,2-3H2,1H3,(H,13,14)(H,10,11,12)/t6-/m1/s1. The molecule has 1 aromatic heterocycles. The number of nitrogens with zero attached hydrogens (tertiary/aromatic N) is 1. The van der Waals surface area contributed by atoms with Crippen LogP contribution in [0, 0.1) is 5.92 Å². The molecule has 6 heteroatoms. The highest BCUT2D eigenvalue weighted by Gasteiger charge is 2.13. The Morgan fingerprint density at radius 3 is 2.93 bits per heavy atom. The molecule has 15 heavy (non-hydrogen) atoms. The molecule has 1 atom stereocenters. The topological polar surface area (TPSA) is 79.3 Å². The summed E-state index contributed by atoms with van der Waals surface area (Å²) in [5, 5.41) is 13.5. The van der Waals surface area contributed by atoms with Crippen molar-refractivity contribution >= 4 is 28.3 Å². The lowest BCUT2D eigenvalue weighted by atomic mass is 10.1. The van der Waals surface area contributed by atoms with Crippen molar-refractivity contribution in [2.24, 2.45) is 5.92 Å². The third-order valence-corrected chi connectivity index (χ3v) is 2.59. The van der Waals surface area contributed by atoms with E-state index in [-0.39, 0.29) is 12.3 Å². The lowest BCUT2D eigenvalue weighted by molar-refractivity contribution is -0.141. The second-order valence-corrected chi connectivity index (χ2v) is 4.06. The van der Waals surface area contributed by atoms with E-state index in [0.29, 0.717) is 11.6 Å². The molecule has 1 aromatic rings. The van der Waals surface area contributed by atoms with Crippen LogP contribution in [-0.2, 0) is 9.59 Å². The van der Waals surface area contributed by atoms with Crippen molar-refractivity contribution in [3.05, 3.63) is 11.6 Å². The van der Waals surface area contributed by atoms with E-state index in [4.69, 9.17) is 5.11 Å². The fourth-order valence-electron chi connectivity index (χ4n) is 0.938. The maximum absolute atomic E-state index is 11.3. The minimum atomic E-state index is -0.878. The first kappa shape index (κ1) is 11.6. The summed E-state index contributed by atoms with van der Waals surface area (Å²) < 4.78 is 0. The lowest BCUT2D eigenvalue weighted by Gasteiger charge is -2.05. The fourth-order valence-corrected chi connectivity index (χ4v) is 1.48. The highest BCUT2D eigenvalue weighted by molar-refractivity contribution is 7.13. The lowest BCUT2D eigenvalue weighted by Crippen LogP contribution is -2.15. The largest absolute Gasteiger partial charge is 0.481 e. The van der Waals surface area contributed by atoms with Crippen LogP contribution in [0.3, 0.4) is 0 Å². The Labute approximate surface area is 91.1 Å². The molecule has 0 spiro atoms. The predicted octanol–water partition coefficient (Wildman–Crippen LogP) is 1.58. The number of carbonyl (C=O) groups excluding carboxylic acids is 1. The monoisotopic (exact) mass is 228 g/mol. The van der Waals surface area contributed by atoms with Crippen molar-refractivity contribution in [1.29, 1.82) is 0 Å². The molecule has 0 fully saturated rings. The van der Waals surface area contributed by atoms with Crippen molar-refractivity contribution in [2.45, 2.75) is 19.8 Å². The molecule has 0 aliphatic carbocycles. The SMILES string of the molecule is C[C@H](CCC(=O)Nc1nccs1)C(=O)O. The average Bonchev–Trinajstić information content (AvgIpc) is 2.66. The van der Waals surface area contributed by atoms with Crippen molar-refractivity contribution in [2.75, 3.05) is 5.32 Å². The molecule has 1 rings (SSSR count). The summed E-state index contributed by atoms with van der Waals surface area (Å²) in [6.07, 6.45) is 2.14. The zero-order valence-corrected chi connectivity index (χ0v) is 9.08. The highest BCUT2D eigenvalue weighted by atomic mass is 32.1. The van der Waals surface area contributed by atoms with Gasteiger partial charge in [0, 0.05) is 18.0 Å². The number of hydrogen-bond donors (Lipinski definition) is 2. The number of aromatic nitrogens is 1. The van der Waals surface area contributed by atoms with E-state index in [1.807, 2.05) is 0 Å². The minimum Gasteiger partial charge on any atom is -0.481 e. The number of carboxylic acids is 1. The second-order valence-electron chi connectivity index (χ2n) is 3.16. The van der Waals surface area contributed by atoms with Gasteiger partial charge in [-0.1, -0.05) is 6.92 Å². The summed E-state index contributed by atoms with van der Waals surface area (Å²) in [7, 11) is 0. The molecular weight excluding hydrogens is 216 g/mol. The van der Waals surface area contributed by atoms with Crippen molar-refractivity contribution in [3.63, 3.8) is 0 Å². The molecule has 5 nitrogen and oxygen atoms in total. The molecule has 0 aromatic carbocycles. The van der Waals surface area contributed by atoms with Crippen LogP contribution in [0.25, 0.3) is 0 Å². The summed E-state index contributed by atoms with van der Waals surface area (Å²) in [6, 6.07) is 0. The van der Waals surface area contributed by atoms with E-state index in [2.05, 4.69) is 10.3 Å². The zero-order chi connectivity index (χ0) is 11.3. The molecule has 0 aliphatic rings. The number of hydrogen-bond acceptors (Lipinski definition) is 4. The van der Waals surface area contributed by atoms with Crippen LogP contribution in [0.4, 0.5) is 5.13 Å². The first-order valence-corrected chi connectivity index (χ1v) is 5.39. The Bertz CT molecular complexity index is 337. The second kappa shape index (κ2) is 5.45. The van der Waals surface area contributed by atoms with E-state index in [9.17, 15) is 9.59 Å². The number of thiazole rings is 1. The van der Waals surface area contributed by atoms with Crippen LogP contribution in [0.2, 0.25) is 0 Å². The third-order valence-electron chi connectivity index (χ3n) is 1.90. The normalized spacial score (nSPS) is 12.1. The number of aliphatic carboxylic acids is 1. The number of carbonyl (C=O) groups is 2. The van der Waals surface area contributed by atoms with Gasteiger partial charge in [-0.25, -0.2) is 4.98 Å². The van der Waals surface area contributed by atoms with Gasteiger partial charge in [0.1, 0.15) is 0 Å². The Hall–Kier alpha value is -1.43. The van der Waals surface area contributed by atoms with Gasteiger partial charge in [-0.05, 0) is 6.42 Å². The summed E-state index contributed by atoms with van der Waals surface area (Å²) in [6.45, 7) is 1.58. The van der Waals surface area contributed by atoms with Gasteiger partial charge in [-0.3, -0.25) is 9.59 Å². The number of carboxylic acid groups (broad SMARTS) is 1. The van der Waals surface area contributed by atoms with E-state index in [0.717, 1.165) is 0 Å². The van der Waals surface area contributed by atoms with Crippen LogP contribution in [0.5, 0.6) is 0 Å². The van der Waals surface area contributed by atoms with Gasteiger partial charge in [0.25, 0.3) is 0 Å². The van der Waals surface area contributed by atoms with Gasteiger partial charge in [0.05, 0.1) is 5.92 Å². The molecule has 0 aliphatic heterocycles. The minimum absolute atomic E-state index is 0.196. The molecule has 0 saturated carbocycles. The molecule has 0 radical (unpaired) electrons. The van der Waals surface area contributed by atoms with E-state index in [1.54, 1.807) is 18.5 Å². The summed E-state index contributed by atoms with van der Waals surface area (Å²) in [4.78, 5) is 25.7. The number of rotatable bonds is 5. The molecule has 0 saturated heterocycles. The molecule has 0 bridgehead atoms. The summed E-state index contributed by atoms with van der Waals surface area (Å²) >= 11 is 1.33. The molecule has 0 unspecified atom stereocenters. The quantitative estimate of drug-likeness (QED) is 0.802. The van der Waals surface area contributed by atoms with Crippen LogP contribution in [0.15, 0.2) is 11.6 Å². The summed E-state index contributed by atoms with van der Waals surface area (Å²) in [5.74, 6) is -1.57. The van der Waals surface area contributed by atoms with E-state index >= 15 is 0 Å². The average molecular weight is 228 g/mol. The Balaban J connectivity index is 2.28. The molecular formula is C9H12N2O3S. The summed E-state index contributed by atoms with van der Waals surface area (Å²) in [5.41, 5.74) is 0. The zero-order valence-electron chi connectivity index (χ0n) is 8.27. The predicted molar refractivity (Wildman–Crippen MR) is 56.8 cm³/mol. The van der Waals surface area contributed by atoms with Gasteiger partial charge < -0.3 is 10.4 Å². The Morgan fingerprint density at radius 1 is 1.67 bits per heavy atom. The number of anilines is 1. The maximum Gasteiger partial charge on any atom is 0.306 e. The van der Waals surface area contributed by atoms with Crippen LogP contribution in [-0.4, -0.2) is 22.0 Å². The first-order valence-electron chi connectivity index (χ1n) is 4.51. The number of nitrogens with one attached hydrogen (secondary N) is 1. The van der Waals surface area contributed by atoms with Crippen LogP contribution >= 0.6 is 11.3 Å². The van der Waals surface area contributed by atoms with Crippen LogP contribution in [0.1, 0.15) is 19.8 Å². The maximum atomic E-state index is 11.3. The first-order chi connectivity index (χ1) is 7.09. The fraction of sp³-hybridized carbons (Fsp3) is 0.444. The van der Waals surface area contributed by atoms with E-state index in [1.165, 1.54) is 11.3 Å². The van der Waals surface area contributed by atoms with Crippen LogP contribution < -0.4 is 5.32 Å².